The van der Waals surface area contributed by atoms with Crippen molar-refractivity contribution in [2.75, 3.05) is 11.9 Å². The maximum Gasteiger partial charge on any atom is 0.262 e. The van der Waals surface area contributed by atoms with E-state index in [1.807, 2.05) is 38.1 Å². The molecule has 2 aromatic carbocycles. The standard InChI is InChI=1S/C20H24ClNO2/c1-13-9-10-18(15(11-13)20(3,4)5)24-12-19(23)22-17-8-6-7-16(21)14(17)2/h6-11H,12H2,1-5H3,(H,22,23). The minimum absolute atomic E-state index is 0.0436. The first-order valence-corrected chi connectivity index (χ1v) is 8.35. The number of carbonyl (C=O) groups is 1. The molecule has 0 spiro atoms. The van der Waals surface area contributed by atoms with Crippen LogP contribution in [0.25, 0.3) is 0 Å². The highest BCUT2D eigenvalue weighted by atomic mass is 35.5. The van der Waals surface area contributed by atoms with Crippen molar-refractivity contribution >= 4 is 23.2 Å². The molecule has 4 heteroatoms. The number of aryl methyl sites for hydroxylation is 1. The van der Waals surface area contributed by atoms with Gasteiger partial charge in [0.15, 0.2) is 6.61 Å². The van der Waals surface area contributed by atoms with Gasteiger partial charge in [-0.05, 0) is 48.6 Å². The molecule has 0 aliphatic heterocycles. The number of ether oxygens (including phenoxy) is 1. The Morgan fingerprint density at radius 1 is 1.17 bits per heavy atom. The monoisotopic (exact) mass is 345 g/mol. The second-order valence-corrected chi connectivity index (χ2v) is 7.41. The molecule has 0 atom stereocenters. The van der Waals surface area contributed by atoms with Crippen LogP contribution in [0.2, 0.25) is 5.02 Å². The molecule has 0 radical (unpaired) electrons. The van der Waals surface area contributed by atoms with Crippen molar-refractivity contribution in [3.63, 3.8) is 0 Å². The summed E-state index contributed by atoms with van der Waals surface area (Å²) in [5.41, 5.74) is 3.76. The maximum atomic E-state index is 12.2. The molecule has 2 aromatic rings. The lowest BCUT2D eigenvalue weighted by molar-refractivity contribution is -0.118. The zero-order chi connectivity index (χ0) is 17.9. The van der Waals surface area contributed by atoms with Gasteiger partial charge in [-0.1, -0.05) is 56.1 Å². The van der Waals surface area contributed by atoms with Gasteiger partial charge in [0, 0.05) is 10.7 Å². The molecule has 2 rings (SSSR count). The Bertz CT molecular complexity index is 748. The summed E-state index contributed by atoms with van der Waals surface area (Å²) in [6.45, 7) is 10.3. The van der Waals surface area contributed by atoms with Gasteiger partial charge in [-0.25, -0.2) is 0 Å². The first kappa shape index (κ1) is 18.3. The first-order chi connectivity index (χ1) is 11.2. The number of carbonyl (C=O) groups excluding carboxylic acids is 1. The van der Waals surface area contributed by atoms with Crippen LogP contribution in [0.1, 0.15) is 37.5 Å². The van der Waals surface area contributed by atoms with Gasteiger partial charge in [-0.3, -0.25) is 4.79 Å². The number of hydrogen-bond donors (Lipinski definition) is 1. The highest BCUT2D eigenvalue weighted by molar-refractivity contribution is 6.31. The Balaban J connectivity index is 2.08. The molecule has 0 saturated carbocycles. The average Bonchev–Trinajstić information content (AvgIpc) is 2.49. The number of anilines is 1. The molecule has 0 saturated heterocycles. The van der Waals surface area contributed by atoms with Crippen molar-refractivity contribution in [3.8, 4) is 5.75 Å². The van der Waals surface area contributed by atoms with Crippen LogP contribution in [-0.2, 0) is 10.2 Å². The van der Waals surface area contributed by atoms with E-state index < -0.39 is 0 Å². The summed E-state index contributed by atoms with van der Waals surface area (Å²) in [4.78, 5) is 12.2. The lowest BCUT2D eigenvalue weighted by Gasteiger charge is -2.23. The quantitative estimate of drug-likeness (QED) is 0.819. The summed E-state index contributed by atoms with van der Waals surface area (Å²) in [5.74, 6) is 0.534. The normalized spacial score (nSPS) is 11.2. The summed E-state index contributed by atoms with van der Waals surface area (Å²) < 4.78 is 5.78. The molecule has 24 heavy (non-hydrogen) atoms. The molecule has 0 aliphatic rings. The van der Waals surface area contributed by atoms with Crippen LogP contribution >= 0.6 is 11.6 Å². The Kier molecular flexibility index (Phi) is 5.55. The number of amides is 1. The molecule has 0 heterocycles. The molecule has 1 N–H and O–H groups in total. The molecule has 128 valence electrons. The van der Waals surface area contributed by atoms with Crippen molar-refractivity contribution in [2.45, 2.75) is 40.0 Å². The molecule has 0 aliphatic carbocycles. The number of halogens is 1. The van der Waals surface area contributed by atoms with Crippen molar-refractivity contribution in [2.24, 2.45) is 0 Å². The van der Waals surface area contributed by atoms with Crippen LogP contribution in [0.15, 0.2) is 36.4 Å². The van der Waals surface area contributed by atoms with Crippen LogP contribution < -0.4 is 10.1 Å². The molecule has 0 fully saturated rings. The Morgan fingerprint density at radius 2 is 1.88 bits per heavy atom. The van der Waals surface area contributed by atoms with E-state index in [1.165, 1.54) is 5.56 Å². The SMILES string of the molecule is Cc1ccc(OCC(=O)Nc2cccc(Cl)c2C)c(C(C)(C)C)c1. The van der Waals surface area contributed by atoms with Crippen molar-refractivity contribution in [1.29, 1.82) is 0 Å². The van der Waals surface area contributed by atoms with Crippen LogP contribution in [0.3, 0.4) is 0 Å². The van der Waals surface area contributed by atoms with Crippen molar-refractivity contribution in [1.82, 2.24) is 0 Å². The number of hydrogen-bond acceptors (Lipinski definition) is 2. The predicted octanol–water partition coefficient (Wildman–Crippen LogP) is 5.27. The van der Waals surface area contributed by atoms with E-state index in [2.05, 4.69) is 32.2 Å². The van der Waals surface area contributed by atoms with Gasteiger partial charge in [0.25, 0.3) is 5.91 Å². The second-order valence-electron chi connectivity index (χ2n) is 7.00. The fourth-order valence-corrected chi connectivity index (χ4v) is 2.60. The Morgan fingerprint density at radius 3 is 2.54 bits per heavy atom. The fourth-order valence-electron chi connectivity index (χ4n) is 2.43. The molecule has 3 nitrogen and oxygen atoms in total. The van der Waals surface area contributed by atoms with Crippen LogP contribution in [0.4, 0.5) is 5.69 Å². The molecule has 0 bridgehead atoms. The van der Waals surface area contributed by atoms with Gasteiger partial charge in [-0.2, -0.15) is 0 Å². The van der Waals surface area contributed by atoms with Gasteiger partial charge in [0.1, 0.15) is 5.75 Å². The summed E-state index contributed by atoms with van der Waals surface area (Å²) in [7, 11) is 0. The summed E-state index contributed by atoms with van der Waals surface area (Å²) in [6, 6.07) is 11.5. The highest BCUT2D eigenvalue weighted by Gasteiger charge is 2.19. The summed E-state index contributed by atoms with van der Waals surface area (Å²) >= 11 is 6.07. The molecule has 1 amide bonds. The van der Waals surface area contributed by atoms with E-state index in [0.717, 1.165) is 16.9 Å². The van der Waals surface area contributed by atoms with Gasteiger partial charge in [-0.15, -0.1) is 0 Å². The first-order valence-electron chi connectivity index (χ1n) is 7.97. The Hall–Kier alpha value is -2.00. The van der Waals surface area contributed by atoms with Crippen molar-refractivity contribution in [3.05, 3.63) is 58.1 Å². The lowest BCUT2D eigenvalue weighted by atomic mass is 9.85. The van der Waals surface area contributed by atoms with Gasteiger partial charge in [0.2, 0.25) is 0 Å². The summed E-state index contributed by atoms with van der Waals surface area (Å²) in [6.07, 6.45) is 0. The van der Waals surface area contributed by atoms with Gasteiger partial charge >= 0.3 is 0 Å². The third-order valence-corrected chi connectivity index (χ3v) is 4.25. The zero-order valence-corrected chi connectivity index (χ0v) is 15.6. The highest BCUT2D eigenvalue weighted by Crippen LogP contribution is 2.32. The third-order valence-electron chi connectivity index (χ3n) is 3.84. The minimum atomic E-state index is -0.208. The third kappa shape index (κ3) is 4.51. The summed E-state index contributed by atoms with van der Waals surface area (Å²) in [5, 5.41) is 3.47. The minimum Gasteiger partial charge on any atom is -0.483 e. The van der Waals surface area contributed by atoms with E-state index in [0.29, 0.717) is 10.7 Å². The number of nitrogens with one attached hydrogen (secondary N) is 1. The Labute approximate surface area is 149 Å². The zero-order valence-electron chi connectivity index (χ0n) is 14.9. The lowest BCUT2D eigenvalue weighted by Crippen LogP contribution is -2.22. The molecular weight excluding hydrogens is 322 g/mol. The largest absolute Gasteiger partial charge is 0.483 e. The van der Waals surface area contributed by atoms with E-state index in [4.69, 9.17) is 16.3 Å². The van der Waals surface area contributed by atoms with E-state index in [1.54, 1.807) is 6.07 Å². The van der Waals surface area contributed by atoms with Crippen molar-refractivity contribution < 1.29 is 9.53 Å². The van der Waals surface area contributed by atoms with E-state index >= 15 is 0 Å². The van der Waals surface area contributed by atoms with Crippen LogP contribution in [0, 0.1) is 13.8 Å². The van der Waals surface area contributed by atoms with E-state index in [9.17, 15) is 4.79 Å². The smallest absolute Gasteiger partial charge is 0.262 e. The fraction of sp³-hybridized carbons (Fsp3) is 0.350. The molecule has 0 unspecified atom stereocenters. The second kappa shape index (κ2) is 7.27. The number of benzene rings is 2. The molecular formula is C20H24ClNO2. The van der Waals surface area contributed by atoms with Gasteiger partial charge < -0.3 is 10.1 Å². The van der Waals surface area contributed by atoms with Gasteiger partial charge in [0.05, 0.1) is 0 Å². The average molecular weight is 346 g/mol. The van der Waals surface area contributed by atoms with E-state index in [-0.39, 0.29) is 17.9 Å². The van der Waals surface area contributed by atoms with Crippen LogP contribution in [-0.4, -0.2) is 12.5 Å². The number of rotatable bonds is 4. The topological polar surface area (TPSA) is 38.3 Å². The van der Waals surface area contributed by atoms with Crippen LogP contribution in [0.5, 0.6) is 5.75 Å². The molecule has 0 aromatic heterocycles. The predicted molar refractivity (Wildman–Crippen MR) is 100 cm³/mol. The maximum absolute atomic E-state index is 12.2.